The van der Waals surface area contributed by atoms with E-state index in [2.05, 4.69) is 15.2 Å². The van der Waals surface area contributed by atoms with Gasteiger partial charge in [0.15, 0.2) is 0 Å². The number of rotatable bonds is 6. The molecule has 2 rings (SSSR count). The average Bonchev–Trinajstić information content (AvgIpc) is 2.92. The van der Waals surface area contributed by atoms with Crippen molar-refractivity contribution in [3.8, 4) is 0 Å². The quantitative estimate of drug-likeness (QED) is 0.819. The summed E-state index contributed by atoms with van der Waals surface area (Å²) in [5.74, 6) is 1.22. The van der Waals surface area contributed by atoms with E-state index in [1.165, 1.54) is 17.8 Å². The minimum atomic E-state index is 0.0753. The number of alkyl halides is 1. The summed E-state index contributed by atoms with van der Waals surface area (Å²) in [4.78, 5) is 17.9. The highest BCUT2D eigenvalue weighted by Crippen LogP contribution is 2.18. The predicted molar refractivity (Wildman–Crippen MR) is 83.2 cm³/mol. The van der Waals surface area contributed by atoms with Crippen molar-refractivity contribution in [3.63, 3.8) is 0 Å². The van der Waals surface area contributed by atoms with Gasteiger partial charge in [0.1, 0.15) is 0 Å². The lowest BCUT2D eigenvalue weighted by Gasteiger charge is -2.31. The predicted octanol–water partition coefficient (Wildman–Crippen LogP) is 2.27. The largest absolute Gasteiger partial charge is 0.356 e. The van der Waals surface area contributed by atoms with Crippen LogP contribution in [-0.4, -0.2) is 42.0 Å². The first kappa shape index (κ1) is 15.7. The molecule has 0 saturated carbocycles. The first-order chi connectivity index (χ1) is 9.67. The third-order valence-corrected chi connectivity index (χ3v) is 4.96. The zero-order valence-electron chi connectivity index (χ0n) is 11.9. The van der Waals surface area contributed by atoms with Gasteiger partial charge in [-0.15, -0.1) is 22.9 Å². The molecule has 1 aromatic heterocycles. The van der Waals surface area contributed by atoms with Gasteiger partial charge < -0.3 is 10.2 Å². The van der Waals surface area contributed by atoms with E-state index in [1.54, 1.807) is 18.3 Å². The summed E-state index contributed by atoms with van der Waals surface area (Å²) < 4.78 is 0. The lowest BCUT2D eigenvalue weighted by molar-refractivity contribution is -0.119. The van der Waals surface area contributed by atoms with Crippen molar-refractivity contribution in [2.45, 2.75) is 32.1 Å². The van der Waals surface area contributed by atoms with Gasteiger partial charge in [0, 0.05) is 31.8 Å². The van der Waals surface area contributed by atoms with E-state index in [0.717, 1.165) is 38.3 Å². The molecule has 1 amide bonds. The topological polar surface area (TPSA) is 45.2 Å². The molecule has 0 aliphatic carbocycles. The van der Waals surface area contributed by atoms with Crippen LogP contribution in [0.5, 0.6) is 0 Å². The molecule has 0 bridgehead atoms. The summed E-state index contributed by atoms with van der Waals surface area (Å²) in [7, 11) is 0. The monoisotopic (exact) mass is 315 g/mol. The molecule has 1 aliphatic heterocycles. The zero-order valence-corrected chi connectivity index (χ0v) is 13.5. The molecular formula is C14H22ClN3OS. The molecule has 20 heavy (non-hydrogen) atoms. The molecule has 0 spiro atoms. The van der Waals surface area contributed by atoms with Crippen molar-refractivity contribution in [2.75, 3.05) is 26.2 Å². The molecule has 1 aromatic rings. The smallest absolute Gasteiger partial charge is 0.216 e. The van der Waals surface area contributed by atoms with Gasteiger partial charge in [0.2, 0.25) is 5.91 Å². The van der Waals surface area contributed by atoms with E-state index in [-0.39, 0.29) is 5.91 Å². The Morgan fingerprint density at radius 3 is 2.90 bits per heavy atom. The first-order valence-corrected chi connectivity index (χ1v) is 8.55. The summed E-state index contributed by atoms with van der Waals surface area (Å²) in [6, 6.07) is 0. The first-order valence-electron chi connectivity index (χ1n) is 7.13. The van der Waals surface area contributed by atoms with Gasteiger partial charge in [-0.05, 0) is 31.8 Å². The lowest BCUT2D eigenvalue weighted by atomic mass is 9.96. The van der Waals surface area contributed by atoms with Crippen LogP contribution in [0.2, 0.25) is 0 Å². The van der Waals surface area contributed by atoms with Crippen molar-refractivity contribution in [3.05, 3.63) is 16.1 Å². The van der Waals surface area contributed by atoms with Crippen molar-refractivity contribution >= 4 is 28.8 Å². The van der Waals surface area contributed by atoms with Crippen LogP contribution in [-0.2, 0) is 17.1 Å². The fourth-order valence-electron chi connectivity index (χ4n) is 2.48. The number of halogens is 1. The lowest BCUT2D eigenvalue weighted by Crippen LogP contribution is -2.39. The second-order valence-corrected chi connectivity index (χ2v) is 6.55. The standard InChI is InChI=1S/C14H22ClN3OS/c1-11(19)16-9-12-2-5-18(6-3-12)7-4-14-17-13(8-15)10-20-14/h10,12H,2-9H2,1H3,(H,16,19). The van der Waals surface area contributed by atoms with Crippen LogP contribution < -0.4 is 5.32 Å². The zero-order chi connectivity index (χ0) is 14.4. The molecule has 6 heteroatoms. The van der Waals surface area contributed by atoms with E-state index in [4.69, 9.17) is 11.6 Å². The summed E-state index contributed by atoms with van der Waals surface area (Å²) in [6.45, 7) is 5.73. The van der Waals surface area contributed by atoms with Crippen LogP contribution in [0.15, 0.2) is 5.38 Å². The summed E-state index contributed by atoms with van der Waals surface area (Å²) in [6.07, 6.45) is 3.36. The van der Waals surface area contributed by atoms with Crippen LogP contribution in [0.1, 0.15) is 30.5 Å². The highest BCUT2D eigenvalue weighted by Gasteiger charge is 2.19. The summed E-state index contributed by atoms with van der Waals surface area (Å²) >= 11 is 7.47. The Bertz CT molecular complexity index is 430. The number of carbonyl (C=O) groups is 1. The number of aromatic nitrogens is 1. The van der Waals surface area contributed by atoms with E-state index in [0.29, 0.717) is 11.8 Å². The van der Waals surface area contributed by atoms with E-state index >= 15 is 0 Å². The van der Waals surface area contributed by atoms with Crippen molar-refractivity contribution < 1.29 is 4.79 Å². The van der Waals surface area contributed by atoms with Gasteiger partial charge in [0.25, 0.3) is 0 Å². The fourth-order valence-corrected chi connectivity index (χ4v) is 3.50. The molecule has 0 aromatic carbocycles. The van der Waals surface area contributed by atoms with E-state index in [1.807, 2.05) is 5.38 Å². The Balaban J connectivity index is 1.65. The fraction of sp³-hybridized carbons (Fsp3) is 0.714. The second kappa shape index (κ2) is 7.96. The number of likely N-dealkylation sites (tertiary alicyclic amines) is 1. The van der Waals surface area contributed by atoms with E-state index in [9.17, 15) is 4.79 Å². The van der Waals surface area contributed by atoms with Crippen molar-refractivity contribution in [1.82, 2.24) is 15.2 Å². The van der Waals surface area contributed by atoms with Crippen LogP contribution >= 0.6 is 22.9 Å². The molecule has 2 heterocycles. The SMILES string of the molecule is CC(=O)NCC1CCN(CCc2nc(CCl)cs2)CC1. The number of nitrogens with one attached hydrogen (secondary N) is 1. The van der Waals surface area contributed by atoms with Gasteiger partial charge >= 0.3 is 0 Å². The number of carbonyl (C=O) groups excluding carboxylic acids is 1. The molecular weight excluding hydrogens is 294 g/mol. The Morgan fingerprint density at radius 2 is 2.30 bits per heavy atom. The minimum Gasteiger partial charge on any atom is -0.356 e. The highest BCUT2D eigenvalue weighted by molar-refractivity contribution is 7.09. The minimum absolute atomic E-state index is 0.0753. The molecule has 4 nitrogen and oxygen atoms in total. The molecule has 0 atom stereocenters. The number of thiazole rings is 1. The Labute approximate surface area is 129 Å². The normalized spacial score (nSPS) is 17.3. The van der Waals surface area contributed by atoms with Crippen LogP contribution in [0.25, 0.3) is 0 Å². The molecule has 0 radical (unpaired) electrons. The highest BCUT2D eigenvalue weighted by atomic mass is 35.5. The van der Waals surface area contributed by atoms with E-state index < -0.39 is 0 Å². The molecule has 1 aliphatic rings. The second-order valence-electron chi connectivity index (χ2n) is 5.34. The Kier molecular flexibility index (Phi) is 6.26. The number of piperidine rings is 1. The average molecular weight is 316 g/mol. The van der Waals surface area contributed by atoms with Gasteiger partial charge in [0.05, 0.1) is 16.6 Å². The summed E-state index contributed by atoms with van der Waals surface area (Å²) in [5, 5.41) is 6.14. The maximum Gasteiger partial charge on any atom is 0.216 e. The molecule has 1 N–H and O–H groups in total. The van der Waals surface area contributed by atoms with Crippen molar-refractivity contribution in [1.29, 1.82) is 0 Å². The molecule has 1 fully saturated rings. The maximum atomic E-state index is 10.9. The number of hydrogen-bond donors (Lipinski definition) is 1. The van der Waals surface area contributed by atoms with Gasteiger partial charge in [-0.1, -0.05) is 0 Å². The number of amides is 1. The third kappa shape index (κ3) is 5.04. The molecule has 0 unspecified atom stereocenters. The Morgan fingerprint density at radius 1 is 1.55 bits per heavy atom. The Hall–Kier alpha value is -0.650. The summed E-state index contributed by atoms with van der Waals surface area (Å²) in [5.41, 5.74) is 0.987. The van der Waals surface area contributed by atoms with Gasteiger partial charge in [-0.25, -0.2) is 4.98 Å². The van der Waals surface area contributed by atoms with Crippen molar-refractivity contribution in [2.24, 2.45) is 5.92 Å². The van der Waals surface area contributed by atoms with Gasteiger partial charge in [-0.2, -0.15) is 0 Å². The molecule has 1 saturated heterocycles. The van der Waals surface area contributed by atoms with Crippen LogP contribution in [0.3, 0.4) is 0 Å². The number of nitrogens with zero attached hydrogens (tertiary/aromatic N) is 2. The maximum absolute atomic E-state index is 10.9. The van der Waals surface area contributed by atoms with Crippen LogP contribution in [0, 0.1) is 5.92 Å². The number of hydrogen-bond acceptors (Lipinski definition) is 4. The third-order valence-electron chi connectivity index (χ3n) is 3.72. The molecule has 112 valence electrons. The van der Waals surface area contributed by atoms with Crippen LogP contribution in [0.4, 0.5) is 0 Å². The van der Waals surface area contributed by atoms with Gasteiger partial charge in [-0.3, -0.25) is 4.79 Å².